The molecular weight excluding hydrogens is 819 g/mol. The van der Waals surface area contributed by atoms with Gasteiger partial charge in [-0.2, -0.15) is 0 Å². The minimum absolute atomic E-state index is 0.0123. The van der Waals surface area contributed by atoms with Gasteiger partial charge in [0.05, 0.1) is 5.60 Å². The summed E-state index contributed by atoms with van der Waals surface area (Å²) in [6, 6.07) is 8.32. The first kappa shape index (κ1) is 43.0. The van der Waals surface area contributed by atoms with Gasteiger partial charge >= 0.3 is 5.97 Å². The number of nitrogens with zero attached hydrogens (tertiary/aromatic N) is 1. The van der Waals surface area contributed by atoms with E-state index in [0.717, 1.165) is 30.4 Å². The van der Waals surface area contributed by atoms with Crippen LogP contribution in [0.5, 0.6) is 0 Å². The number of aliphatic hydroxyl groups excluding tert-OH is 1. The average Bonchev–Trinajstić information content (AvgIpc) is 3.44. The second kappa shape index (κ2) is 13.5. The zero-order valence-corrected chi connectivity index (χ0v) is 37.9. The molecule has 11 nitrogen and oxygen atoms in total. The highest BCUT2D eigenvalue weighted by Crippen LogP contribution is 2.86. The molecule has 0 heterocycles. The molecule has 1 aromatic carbocycles. The summed E-state index contributed by atoms with van der Waals surface area (Å²) in [6.07, 6.45) is 14.7. The van der Waals surface area contributed by atoms with E-state index < -0.39 is 79.2 Å². The van der Waals surface area contributed by atoms with Crippen molar-refractivity contribution in [3.8, 4) is 11.8 Å². The third kappa shape index (κ3) is 4.82. The van der Waals surface area contributed by atoms with Gasteiger partial charge in [0.2, 0.25) is 0 Å². The number of carbonyl (C=O) groups excluding carboxylic acids is 2. The summed E-state index contributed by atoms with van der Waals surface area (Å²) in [7, 11) is 0. The lowest BCUT2D eigenvalue weighted by molar-refractivity contribution is -0.207. The molecule has 6 bridgehead atoms. The second-order valence-electron chi connectivity index (χ2n) is 22.3. The van der Waals surface area contributed by atoms with Gasteiger partial charge in [0, 0.05) is 70.3 Å². The number of benzene rings is 1. The van der Waals surface area contributed by atoms with Crippen LogP contribution in [-0.2, 0) is 20.8 Å². The van der Waals surface area contributed by atoms with Crippen LogP contribution in [0, 0.1) is 56.7 Å². The lowest BCUT2D eigenvalue weighted by Gasteiger charge is -2.72. The first-order valence-electron chi connectivity index (χ1n) is 24.1. The summed E-state index contributed by atoms with van der Waals surface area (Å²) in [5.41, 5.74) is 4.21. The molecule has 10 aliphatic rings. The maximum atomic E-state index is 16.3. The maximum Gasteiger partial charge on any atom is 0.331 e. The number of guanidine groups is 1. The highest BCUT2D eigenvalue weighted by molar-refractivity contribution is 6.02. The van der Waals surface area contributed by atoms with E-state index >= 15 is 4.79 Å². The van der Waals surface area contributed by atoms with Crippen molar-refractivity contribution < 1.29 is 39.9 Å². The molecule has 4 fully saturated rings. The number of allylic oxidation sites excluding steroid dienone is 2. The molecule has 13 atom stereocenters. The zero-order chi connectivity index (χ0) is 46.0. The number of fused-ring (bicyclic) bond motifs is 3. The van der Waals surface area contributed by atoms with E-state index in [0.29, 0.717) is 62.5 Å². The summed E-state index contributed by atoms with van der Waals surface area (Å²) in [6.45, 7) is 5.33. The van der Waals surface area contributed by atoms with Gasteiger partial charge in [-0.1, -0.05) is 87.3 Å². The number of carboxylic acids is 1. The number of ketones is 2. The number of carboxylic acid groups (broad SMARTS) is 1. The Bertz CT molecular complexity index is 2640. The summed E-state index contributed by atoms with van der Waals surface area (Å²) < 4.78 is 0. The van der Waals surface area contributed by atoms with Gasteiger partial charge < -0.3 is 37.0 Å². The fourth-order valence-corrected chi connectivity index (χ4v) is 17.8. The van der Waals surface area contributed by atoms with Crippen LogP contribution < -0.4 is 11.5 Å². The number of rotatable bonds is 3. The van der Waals surface area contributed by atoms with E-state index in [9.17, 15) is 35.1 Å². The predicted octanol–water partition coefficient (Wildman–Crippen LogP) is 5.94. The molecule has 11 heteroatoms. The number of nitrogens with two attached hydrogens (primary N) is 2. The standard InChI is InChI=1S/C54H63N3O8/c1-31(44(61)62)36-16-23-50(57-45(55)56)25-24-48(32(2)54(50,65)43(36)60)30-51(63)26-27-52(64)39(35-15-14-33-12-6-7-13-34(33)28-35)41-46(3)18-8-4-11-21-53(51)42(52)40-37(58)29-49(48,53)20-10-5-9-19-47(40,41)22-17-38(46)59/h6-7,12-13,24-28,32,39,41,43,60,63-65H,5,9-11,14-23,29-30H2,1-3H3,(H,61,62)(H4,55,56,57)/b36-31+/t32-,39+,41+,43+,46+,47+,48+,49+,50-,51-,52+,53-,54-/m0/s1. The van der Waals surface area contributed by atoms with Gasteiger partial charge in [0.25, 0.3) is 0 Å². The molecule has 4 saturated carbocycles. The van der Waals surface area contributed by atoms with Crippen molar-refractivity contribution in [2.75, 3.05) is 0 Å². The zero-order valence-electron chi connectivity index (χ0n) is 37.9. The van der Waals surface area contributed by atoms with Gasteiger partial charge in [-0.3, -0.25) is 9.59 Å². The minimum Gasteiger partial charge on any atom is -0.478 e. The average molecular weight is 882 g/mol. The second-order valence-corrected chi connectivity index (χ2v) is 22.3. The Balaban J connectivity index is 1.26. The van der Waals surface area contributed by atoms with Crippen LogP contribution in [0.4, 0.5) is 0 Å². The Kier molecular flexibility index (Phi) is 8.95. The van der Waals surface area contributed by atoms with Crippen LogP contribution in [0.1, 0.15) is 128 Å². The van der Waals surface area contributed by atoms with Crippen molar-refractivity contribution >= 4 is 29.6 Å². The summed E-state index contributed by atoms with van der Waals surface area (Å²) in [5.74, 6) is 3.45. The number of hydrogen-bond donors (Lipinski definition) is 7. The van der Waals surface area contributed by atoms with Crippen molar-refractivity contribution in [2.45, 2.75) is 152 Å². The fourth-order valence-electron chi connectivity index (χ4n) is 17.8. The van der Waals surface area contributed by atoms with Crippen LogP contribution in [0.3, 0.4) is 0 Å². The highest BCUT2D eigenvalue weighted by atomic mass is 16.4. The van der Waals surface area contributed by atoms with Crippen LogP contribution in [0.25, 0.3) is 6.08 Å². The van der Waals surface area contributed by atoms with Gasteiger partial charge in [0.15, 0.2) is 11.7 Å². The molecule has 1 aromatic rings. The van der Waals surface area contributed by atoms with Crippen LogP contribution >= 0.6 is 0 Å². The van der Waals surface area contributed by atoms with Gasteiger partial charge in [-0.25, -0.2) is 9.79 Å². The van der Waals surface area contributed by atoms with E-state index in [4.69, 9.17) is 16.5 Å². The van der Waals surface area contributed by atoms with Gasteiger partial charge in [-0.15, -0.1) is 11.8 Å². The monoisotopic (exact) mass is 881 g/mol. The van der Waals surface area contributed by atoms with Gasteiger partial charge in [-0.05, 0) is 104 Å². The topological polar surface area (TPSA) is 217 Å². The SMILES string of the molecule is C/C(C(=O)O)=C1/CC[C@]2(N=C(N)N)C=C[C@@]3(C[C@@]4(O)C=C[C@]5(O)C6=C7C(=O)C[C@]38CCCCC[C@@]73CCC(=O)[C@@](C)(CC#CCC[C@]684)[C@H]3[C@H]5C3=Cc4ccccc4CC3)[C@H](C)[C@]2(O)[C@@H]1O. The van der Waals surface area contributed by atoms with Gasteiger partial charge in [0.1, 0.15) is 28.6 Å². The lowest BCUT2D eigenvalue weighted by atomic mass is 9.31. The molecule has 0 aliphatic heterocycles. The number of aryl methyl sites for hydroxylation is 1. The molecule has 0 aromatic heterocycles. The number of aliphatic carboxylic acids is 1. The third-order valence-electron chi connectivity index (χ3n) is 20.3. The van der Waals surface area contributed by atoms with Crippen molar-refractivity contribution in [2.24, 2.45) is 61.3 Å². The Morgan fingerprint density at radius 3 is 2.43 bits per heavy atom. The van der Waals surface area contributed by atoms with Crippen LogP contribution in [0.2, 0.25) is 0 Å². The minimum atomic E-state index is -2.21. The Labute approximate surface area is 380 Å². The van der Waals surface area contributed by atoms with Crippen LogP contribution in [-0.4, -0.2) is 77.5 Å². The smallest absolute Gasteiger partial charge is 0.331 e. The normalized spacial score (nSPS) is 47.3. The molecular formula is C54H63N3O8. The number of aliphatic hydroxyl groups is 4. The van der Waals surface area contributed by atoms with E-state index in [2.05, 4.69) is 37.0 Å². The van der Waals surface area contributed by atoms with E-state index in [1.807, 2.05) is 31.2 Å². The summed E-state index contributed by atoms with van der Waals surface area (Å²) in [4.78, 5) is 48.4. The maximum absolute atomic E-state index is 16.3. The molecule has 11 rings (SSSR count). The fraction of sp³-hybridized carbons (Fsp3) is 0.593. The number of aliphatic imine (C=N–C) groups is 1. The Hall–Kier alpha value is -4.60. The summed E-state index contributed by atoms with van der Waals surface area (Å²) in [5, 5.41) is 65.5. The van der Waals surface area contributed by atoms with Crippen molar-refractivity contribution in [3.05, 3.63) is 87.6 Å². The molecule has 0 saturated heterocycles. The number of Topliss-reactive ketones (excluding diaryl/α,β-unsaturated/α-hetero) is 2. The molecule has 0 radical (unpaired) electrons. The molecule has 0 unspecified atom stereocenters. The summed E-state index contributed by atoms with van der Waals surface area (Å²) >= 11 is 0. The molecule has 4 spiro atoms. The molecule has 65 heavy (non-hydrogen) atoms. The van der Waals surface area contributed by atoms with E-state index in [1.165, 1.54) is 12.5 Å². The largest absolute Gasteiger partial charge is 0.478 e. The first-order valence-corrected chi connectivity index (χ1v) is 24.1. The molecule has 0 amide bonds. The lowest BCUT2D eigenvalue weighted by Crippen LogP contribution is -2.74. The van der Waals surface area contributed by atoms with Crippen molar-refractivity contribution in [1.82, 2.24) is 0 Å². The van der Waals surface area contributed by atoms with E-state index in [-0.39, 0.29) is 60.8 Å². The van der Waals surface area contributed by atoms with Crippen molar-refractivity contribution in [3.63, 3.8) is 0 Å². The molecule has 342 valence electrons. The number of hydrogen-bond acceptors (Lipinski definition) is 8. The molecule has 10 aliphatic carbocycles. The first-order chi connectivity index (χ1) is 30.8. The van der Waals surface area contributed by atoms with Crippen molar-refractivity contribution in [1.29, 1.82) is 0 Å². The van der Waals surface area contributed by atoms with Crippen LogP contribution in [0.15, 0.2) is 81.4 Å². The predicted molar refractivity (Wildman–Crippen MR) is 244 cm³/mol. The highest BCUT2D eigenvalue weighted by Gasteiger charge is 2.86. The van der Waals surface area contributed by atoms with E-state index in [1.54, 1.807) is 12.2 Å². The Morgan fingerprint density at radius 2 is 1.66 bits per heavy atom. The number of carbonyl (C=O) groups is 3. The third-order valence-corrected chi connectivity index (χ3v) is 20.3. The molecule has 9 N–H and O–H groups in total. The quantitative estimate of drug-likeness (QED) is 0.0624. The Morgan fingerprint density at radius 1 is 0.892 bits per heavy atom.